The molecule has 3 nitrogen and oxygen atoms in total. The van der Waals surface area contributed by atoms with E-state index in [2.05, 4.69) is 132 Å². The first-order chi connectivity index (χ1) is 22.7. The van der Waals surface area contributed by atoms with E-state index < -0.39 is 0 Å². The van der Waals surface area contributed by atoms with Gasteiger partial charge in [-0.15, -0.1) is 11.3 Å². The van der Waals surface area contributed by atoms with Crippen LogP contribution in [0, 0.1) is 0 Å². The molecule has 7 aromatic rings. The lowest BCUT2D eigenvalue weighted by atomic mass is 9.99. The number of hydrogen-bond acceptors (Lipinski definition) is 4. The summed E-state index contributed by atoms with van der Waals surface area (Å²) in [4.78, 5) is 3.71. The van der Waals surface area contributed by atoms with E-state index in [1.54, 1.807) is 0 Å². The van der Waals surface area contributed by atoms with Crippen LogP contribution >= 0.6 is 11.3 Å². The van der Waals surface area contributed by atoms with E-state index in [1.165, 1.54) is 54.2 Å². The minimum Gasteiger partial charge on any atom is -0.398 e. The van der Waals surface area contributed by atoms with Crippen LogP contribution in [0.1, 0.15) is 16.7 Å². The Balaban J connectivity index is 0.000000371. The number of benzene rings is 6. The molecule has 8 rings (SSSR count). The molecule has 0 bridgehead atoms. The summed E-state index contributed by atoms with van der Waals surface area (Å²) in [5.41, 5.74) is 23.4. The molecular weight excluding hydrogens is 579 g/mol. The highest BCUT2D eigenvalue weighted by atomic mass is 32.1. The van der Waals surface area contributed by atoms with Crippen LogP contribution in [0.5, 0.6) is 0 Å². The third-order valence-corrected chi connectivity index (χ3v) is 9.54. The molecule has 0 unspecified atom stereocenters. The minimum atomic E-state index is 0.640. The molecule has 0 saturated carbocycles. The number of hydrogen-bond donors (Lipinski definition) is 2. The van der Waals surface area contributed by atoms with Gasteiger partial charge < -0.3 is 16.4 Å². The lowest BCUT2D eigenvalue weighted by Crippen LogP contribution is -2.11. The first-order valence-electron chi connectivity index (χ1n) is 15.6. The highest BCUT2D eigenvalue weighted by Gasteiger charge is 2.28. The molecule has 1 aliphatic heterocycles. The van der Waals surface area contributed by atoms with Gasteiger partial charge in [0.2, 0.25) is 0 Å². The average molecular weight is 614 g/mol. The van der Waals surface area contributed by atoms with E-state index >= 15 is 0 Å². The Morgan fingerprint density at radius 1 is 0.587 bits per heavy atom. The molecular formula is C42H35N3S. The predicted molar refractivity (Wildman–Crippen MR) is 198 cm³/mol. The second-order valence-corrected chi connectivity index (χ2v) is 12.3. The average Bonchev–Trinajstić information content (AvgIpc) is 3.46. The van der Waals surface area contributed by atoms with E-state index in [1.807, 2.05) is 47.7 Å². The largest absolute Gasteiger partial charge is 0.398 e. The molecule has 0 atom stereocenters. The maximum Gasteiger partial charge on any atom is 0.0548 e. The molecule has 1 aromatic heterocycles. The van der Waals surface area contributed by atoms with Gasteiger partial charge in [-0.1, -0.05) is 133 Å². The Morgan fingerprint density at radius 3 is 1.83 bits per heavy atom. The second kappa shape index (κ2) is 13.3. The van der Waals surface area contributed by atoms with E-state index in [4.69, 9.17) is 11.5 Å². The van der Waals surface area contributed by atoms with Crippen LogP contribution in [-0.4, -0.2) is 0 Å². The van der Waals surface area contributed by atoms with E-state index in [-0.39, 0.29) is 0 Å². The number of nitrogens with two attached hydrogens (primary N) is 2. The molecule has 6 aromatic carbocycles. The van der Waals surface area contributed by atoms with Crippen molar-refractivity contribution in [2.75, 3.05) is 4.90 Å². The molecule has 224 valence electrons. The predicted octanol–water partition coefficient (Wildman–Crippen LogP) is 10.7. The Bertz CT molecular complexity index is 2110. The van der Waals surface area contributed by atoms with Crippen molar-refractivity contribution in [2.24, 2.45) is 11.5 Å². The van der Waals surface area contributed by atoms with Gasteiger partial charge in [-0.2, -0.15) is 0 Å². The molecule has 46 heavy (non-hydrogen) atoms. The quantitative estimate of drug-likeness (QED) is 0.203. The van der Waals surface area contributed by atoms with Gasteiger partial charge in [0, 0.05) is 49.6 Å². The first-order valence-corrected chi connectivity index (χ1v) is 16.4. The van der Waals surface area contributed by atoms with Crippen molar-refractivity contribution in [1.82, 2.24) is 0 Å². The third-order valence-electron chi connectivity index (χ3n) is 8.34. The van der Waals surface area contributed by atoms with Gasteiger partial charge in [0.15, 0.2) is 0 Å². The van der Waals surface area contributed by atoms with E-state index in [9.17, 15) is 0 Å². The summed E-state index contributed by atoms with van der Waals surface area (Å²) in [5, 5.41) is 1.31. The number of nitrogens with zero attached hydrogens (tertiary/aromatic N) is 1. The zero-order valence-electron chi connectivity index (χ0n) is 25.5. The summed E-state index contributed by atoms with van der Waals surface area (Å²) in [6.07, 6.45) is 2.92. The molecule has 0 saturated heterocycles. The molecule has 0 amide bonds. The molecule has 0 fully saturated rings. The van der Waals surface area contributed by atoms with E-state index in [0.717, 1.165) is 23.4 Å². The van der Waals surface area contributed by atoms with Gasteiger partial charge in [-0.05, 0) is 53.4 Å². The number of thiophene rings is 1. The van der Waals surface area contributed by atoms with Gasteiger partial charge in [0.05, 0.1) is 11.4 Å². The van der Waals surface area contributed by atoms with Crippen LogP contribution in [0.25, 0.3) is 37.4 Å². The Kier molecular flexibility index (Phi) is 8.46. The van der Waals surface area contributed by atoms with Crippen molar-refractivity contribution < 1.29 is 0 Å². The molecule has 0 spiro atoms. The minimum absolute atomic E-state index is 0.640. The summed E-state index contributed by atoms with van der Waals surface area (Å²) in [7, 11) is 0. The van der Waals surface area contributed by atoms with Gasteiger partial charge in [0.25, 0.3) is 0 Å². The molecule has 4 N–H and O–H groups in total. The van der Waals surface area contributed by atoms with Crippen LogP contribution in [0.3, 0.4) is 0 Å². The fourth-order valence-corrected chi connectivity index (χ4v) is 7.28. The number of anilines is 3. The van der Waals surface area contributed by atoms with Crippen molar-refractivity contribution in [3.63, 3.8) is 0 Å². The third kappa shape index (κ3) is 5.84. The molecule has 0 aliphatic carbocycles. The Hall–Kier alpha value is -5.42. The Morgan fingerprint density at radius 2 is 1.15 bits per heavy atom. The lowest BCUT2D eigenvalue weighted by Gasteiger charge is -2.27. The van der Waals surface area contributed by atoms with Crippen molar-refractivity contribution in [2.45, 2.75) is 13.0 Å². The van der Waals surface area contributed by atoms with Crippen LogP contribution < -0.4 is 16.4 Å². The van der Waals surface area contributed by atoms with E-state index in [0.29, 0.717) is 6.54 Å². The Labute approximate surface area is 274 Å². The number of fused-ring (bicyclic) bond motifs is 7. The fourth-order valence-electron chi connectivity index (χ4n) is 6.03. The van der Waals surface area contributed by atoms with Gasteiger partial charge >= 0.3 is 0 Å². The standard InChI is InChI=1S/C35H26N2S.C7H9N/c36-30(23-18-24-10-2-1-3-11-24)25-19-21-26(22-20-25)37-31-15-7-4-12-27(31)34-29-14-6-9-17-33(29)38-35(34)28-13-5-8-16-32(28)37;8-6-7-4-2-1-3-5-7/h1-17,19-23H,18,36H2;1-5H,6,8H2/b30-23-;. The highest BCUT2D eigenvalue weighted by Crippen LogP contribution is 2.55. The second-order valence-electron chi connectivity index (χ2n) is 11.3. The topological polar surface area (TPSA) is 55.3 Å². The van der Waals surface area contributed by atoms with Crippen LogP contribution in [-0.2, 0) is 13.0 Å². The number of allylic oxidation sites excluding steroid dienone is 1. The zero-order chi connectivity index (χ0) is 31.3. The van der Waals surface area contributed by atoms with Gasteiger partial charge in [-0.25, -0.2) is 0 Å². The monoisotopic (exact) mass is 613 g/mol. The molecule has 2 heterocycles. The van der Waals surface area contributed by atoms with Gasteiger partial charge in [0.1, 0.15) is 0 Å². The van der Waals surface area contributed by atoms with Crippen LogP contribution in [0.15, 0.2) is 164 Å². The molecule has 4 heteroatoms. The summed E-state index contributed by atoms with van der Waals surface area (Å²) in [6, 6.07) is 55.3. The number of para-hydroxylation sites is 2. The molecule has 0 radical (unpaired) electrons. The highest BCUT2D eigenvalue weighted by molar-refractivity contribution is 7.23. The zero-order valence-corrected chi connectivity index (χ0v) is 26.3. The summed E-state index contributed by atoms with van der Waals surface area (Å²) in [6.45, 7) is 0.640. The molecule has 1 aliphatic rings. The van der Waals surface area contributed by atoms with Crippen LogP contribution in [0.2, 0.25) is 0 Å². The van der Waals surface area contributed by atoms with Crippen molar-refractivity contribution in [3.05, 3.63) is 180 Å². The summed E-state index contributed by atoms with van der Waals surface area (Å²) < 4.78 is 1.32. The first kappa shape index (κ1) is 29.3. The van der Waals surface area contributed by atoms with Crippen molar-refractivity contribution in [3.8, 4) is 21.6 Å². The number of rotatable bonds is 5. The normalized spacial score (nSPS) is 11.9. The SMILES string of the molecule is N/C(=C\Cc1ccccc1)c1ccc(N2c3ccccc3-c3sc4ccccc4c3-c3ccccc32)cc1.NCc1ccccc1. The fraction of sp³-hybridized carbons (Fsp3) is 0.0476. The smallest absolute Gasteiger partial charge is 0.0548 e. The van der Waals surface area contributed by atoms with Crippen molar-refractivity contribution in [1.29, 1.82) is 0 Å². The summed E-state index contributed by atoms with van der Waals surface area (Å²) in [5.74, 6) is 0. The van der Waals surface area contributed by atoms with Gasteiger partial charge in [-0.3, -0.25) is 0 Å². The maximum absolute atomic E-state index is 6.49. The maximum atomic E-state index is 6.49. The van der Waals surface area contributed by atoms with Crippen molar-refractivity contribution >= 4 is 44.2 Å². The summed E-state index contributed by atoms with van der Waals surface area (Å²) >= 11 is 1.88. The lowest BCUT2D eigenvalue weighted by molar-refractivity contribution is 1.07. The van der Waals surface area contributed by atoms with Crippen LogP contribution in [0.4, 0.5) is 17.1 Å².